The van der Waals surface area contributed by atoms with E-state index in [9.17, 15) is 4.79 Å². The molecule has 0 fully saturated rings. The summed E-state index contributed by atoms with van der Waals surface area (Å²) in [7, 11) is 0. The van der Waals surface area contributed by atoms with Crippen molar-refractivity contribution in [2.75, 3.05) is 31.3 Å². The molecule has 0 atom stereocenters. The molecule has 3 N–H and O–H groups in total. The van der Waals surface area contributed by atoms with Gasteiger partial charge in [-0.15, -0.1) is 11.8 Å². The fourth-order valence-corrected chi connectivity index (χ4v) is 1.97. The molecule has 18 heavy (non-hydrogen) atoms. The van der Waals surface area contributed by atoms with Gasteiger partial charge in [-0.2, -0.15) is 5.26 Å². The van der Waals surface area contributed by atoms with Gasteiger partial charge in [-0.05, 0) is 18.4 Å². The molecule has 0 aliphatic rings. The van der Waals surface area contributed by atoms with Crippen LogP contribution in [0, 0.1) is 11.3 Å². The summed E-state index contributed by atoms with van der Waals surface area (Å²) < 4.78 is 5.02. The van der Waals surface area contributed by atoms with Crippen LogP contribution in [0.2, 0.25) is 0 Å². The first-order valence-corrected chi connectivity index (χ1v) is 6.58. The maximum Gasteiger partial charge on any atom is 0.243 e. The number of hydrogen-bond donors (Lipinski definition) is 2. The van der Waals surface area contributed by atoms with Gasteiger partial charge in [-0.25, -0.2) is 0 Å². The number of rotatable bonds is 7. The van der Waals surface area contributed by atoms with E-state index in [-0.39, 0.29) is 6.61 Å². The number of nitrogens with one attached hydrogen (secondary N) is 1. The van der Waals surface area contributed by atoms with Gasteiger partial charge in [0.1, 0.15) is 12.7 Å². The van der Waals surface area contributed by atoms with Crippen molar-refractivity contribution in [1.82, 2.24) is 0 Å². The van der Waals surface area contributed by atoms with Gasteiger partial charge in [0.2, 0.25) is 5.91 Å². The zero-order valence-electron chi connectivity index (χ0n) is 10.1. The summed E-state index contributed by atoms with van der Waals surface area (Å²) in [6.45, 7) is 0.786. The van der Waals surface area contributed by atoms with E-state index in [1.54, 1.807) is 0 Å². The van der Waals surface area contributed by atoms with E-state index in [0.29, 0.717) is 18.7 Å². The average molecular weight is 265 g/mol. The summed E-state index contributed by atoms with van der Waals surface area (Å²) in [4.78, 5) is 11.4. The normalized spacial score (nSPS) is 9.78. The Kier molecular flexibility index (Phi) is 6.05. The topological polar surface area (TPSA) is 88.1 Å². The Balaban J connectivity index is 2.52. The monoisotopic (exact) mass is 265 g/mol. The predicted molar refractivity (Wildman–Crippen MR) is 71.4 cm³/mol. The first-order chi connectivity index (χ1) is 8.69. The number of nitrogens with two attached hydrogens (primary N) is 1. The quantitative estimate of drug-likeness (QED) is 0.571. The van der Waals surface area contributed by atoms with Crippen LogP contribution >= 0.6 is 11.8 Å². The molecule has 96 valence electrons. The second kappa shape index (κ2) is 7.58. The van der Waals surface area contributed by atoms with Gasteiger partial charge in [0, 0.05) is 11.4 Å². The van der Waals surface area contributed by atoms with E-state index in [1.807, 2.05) is 24.5 Å². The van der Waals surface area contributed by atoms with Crippen molar-refractivity contribution in [1.29, 1.82) is 5.26 Å². The van der Waals surface area contributed by atoms with Crippen molar-refractivity contribution < 1.29 is 9.53 Å². The van der Waals surface area contributed by atoms with E-state index in [0.717, 1.165) is 10.6 Å². The van der Waals surface area contributed by atoms with Crippen molar-refractivity contribution >= 4 is 23.4 Å². The Labute approximate surface area is 110 Å². The first kappa shape index (κ1) is 14.4. The molecule has 1 rings (SSSR count). The summed E-state index contributed by atoms with van der Waals surface area (Å²) in [6.07, 6.45) is 1.93. The lowest BCUT2D eigenvalue weighted by Gasteiger charge is -2.10. The Bertz CT molecular complexity index is 457. The third kappa shape index (κ3) is 4.28. The number of ether oxygens (including phenoxy) is 1. The van der Waals surface area contributed by atoms with Crippen LogP contribution in [0.4, 0.5) is 5.69 Å². The average Bonchev–Trinajstić information content (AvgIpc) is 2.37. The SMILES string of the molecule is CSc1cccc(NCCOCC(N)=O)c1C#N. The Morgan fingerprint density at radius 2 is 2.39 bits per heavy atom. The number of carbonyl (C=O) groups is 1. The molecular formula is C12H15N3O2S. The molecule has 0 spiro atoms. The van der Waals surface area contributed by atoms with E-state index in [4.69, 9.17) is 15.7 Å². The fraction of sp³-hybridized carbons (Fsp3) is 0.333. The molecule has 0 bridgehead atoms. The van der Waals surface area contributed by atoms with Crippen LogP contribution in [-0.2, 0) is 9.53 Å². The minimum Gasteiger partial charge on any atom is -0.382 e. The van der Waals surface area contributed by atoms with Crippen LogP contribution in [0.1, 0.15) is 5.56 Å². The zero-order chi connectivity index (χ0) is 13.4. The highest BCUT2D eigenvalue weighted by Gasteiger charge is 2.06. The van der Waals surface area contributed by atoms with Gasteiger partial charge < -0.3 is 15.8 Å². The van der Waals surface area contributed by atoms with Crippen LogP contribution in [-0.4, -0.2) is 31.9 Å². The van der Waals surface area contributed by atoms with Gasteiger partial charge in [-0.3, -0.25) is 4.79 Å². The van der Waals surface area contributed by atoms with Gasteiger partial charge in [0.15, 0.2) is 0 Å². The molecule has 0 saturated carbocycles. The summed E-state index contributed by atoms with van der Waals surface area (Å²) in [5.41, 5.74) is 6.33. The highest BCUT2D eigenvalue weighted by molar-refractivity contribution is 7.98. The Morgan fingerprint density at radius 3 is 3.00 bits per heavy atom. The molecule has 1 aromatic carbocycles. The molecule has 6 heteroatoms. The summed E-state index contributed by atoms with van der Waals surface area (Å²) >= 11 is 1.53. The van der Waals surface area contributed by atoms with E-state index >= 15 is 0 Å². The van der Waals surface area contributed by atoms with Gasteiger partial charge in [0.05, 0.1) is 17.9 Å². The summed E-state index contributed by atoms with van der Waals surface area (Å²) in [6, 6.07) is 7.80. The number of nitrogens with zero attached hydrogens (tertiary/aromatic N) is 1. The third-order valence-electron chi connectivity index (χ3n) is 2.16. The lowest BCUT2D eigenvalue weighted by atomic mass is 10.2. The van der Waals surface area contributed by atoms with Gasteiger partial charge in [-0.1, -0.05) is 6.07 Å². The smallest absolute Gasteiger partial charge is 0.243 e. The molecule has 1 amide bonds. The number of hydrogen-bond acceptors (Lipinski definition) is 5. The molecule has 0 aromatic heterocycles. The number of nitriles is 1. The number of benzene rings is 1. The second-order valence-electron chi connectivity index (χ2n) is 3.44. The van der Waals surface area contributed by atoms with Crippen LogP contribution in [0.15, 0.2) is 23.1 Å². The number of primary amides is 1. The van der Waals surface area contributed by atoms with E-state index in [2.05, 4.69) is 11.4 Å². The molecule has 5 nitrogen and oxygen atoms in total. The molecule has 0 aliphatic carbocycles. The van der Waals surface area contributed by atoms with Crippen molar-refractivity contribution in [3.8, 4) is 6.07 Å². The lowest BCUT2D eigenvalue weighted by Crippen LogP contribution is -2.20. The third-order valence-corrected chi connectivity index (χ3v) is 2.94. The maximum absolute atomic E-state index is 10.4. The summed E-state index contributed by atoms with van der Waals surface area (Å²) in [5.74, 6) is -0.489. The van der Waals surface area contributed by atoms with Gasteiger partial charge in [0.25, 0.3) is 0 Å². The summed E-state index contributed by atoms with van der Waals surface area (Å²) in [5, 5.41) is 12.2. The predicted octanol–water partition coefficient (Wildman–Crippen LogP) is 1.19. The number of anilines is 1. The molecule has 0 unspecified atom stereocenters. The fourth-order valence-electron chi connectivity index (χ4n) is 1.39. The largest absolute Gasteiger partial charge is 0.382 e. The number of carbonyl (C=O) groups excluding carboxylic acids is 1. The highest BCUT2D eigenvalue weighted by atomic mass is 32.2. The minimum absolute atomic E-state index is 0.0857. The van der Waals surface area contributed by atoms with Crippen molar-refractivity contribution in [3.63, 3.8) is 0 Å². The first-order valence-electron chi connectivity index (χ1n) is 5.36. The minimum atomic E-state index is -0.489. The Morgan fingerprint density at radius 1 is 1.61 bits per heavy atom. The van der Waals surface area contributed by atoms with Crippen molar-refractivity contribution in [2.45, 2.75) is 4.90 Å². The molecule has 1 aromatic rings. The number of amides is 1. The van der Waals surface area contributed by atoms with Crippen LogP contribution < -0.4 is 11.1 Å². The van der Waals surface area contributed by atoms with Crippen molar-refractivity contribution in [3.05, 3.63) is 23.8 Å². The molecule has 0 radical (unpaired) electrons. The van der Waals surface area contributed by atoms with Gasteiger partial charge >= 0.3 is 0 Å². The molecule has 0 heterocycles. The van der Waals surface area contributed by atoms with Crippen LogP contribution in [0.3, 0.4) is 0 Å². The number of thioether (sulfide) groups is 1. The highest BCUT2D eigenvalue weighted by Crippen LogP contribution is 2.25. The van der Waals surface area contributed by atoms with Crippen LogP contribution in [0.25, 0.3) is 0 Å². The van der Waals surface area contributed by atoms with E-state index < -0.39 is 5.91 Å². The van der Waals surface area contributed by atoms with Crippen LogP contribution in [0.5, 0.6) is 0 Å². The van der Waals surface area contributed by atoms with Crippen molar-refractivity contribution in [2.24, 2.45) is 5.73 Å². The van der Waals surface area contributed by atoms with E-state index in [1.165, 1.54) is 11.8 Å². The Hall–Kier alpha value is -1.71. The molecule has 0 saturated heterocycles. The standard InChI is InChI=1S/C12H15N3O2S/c1-18-11-4-2-3-10(9(11)7-13)15-5-6-17-8-12(14)16/h2-4,15H,5-6,8H2,1H3,(H2,14,16). The lowest BCUT2D eigenvalue weighted by molar-refractivity contribution is -0.122. The molecule has 0 aliphatic heterocycles. The second-order valence-corrected chi connectivity index (χ2v) is 4.29. The maximum atomic E-state index is 10.4. The molecular weight excluding hydrogens is 250 g/mol. The zero-order valence-corrected chi connectivity index (χ0v) is 10.9.